The number of amides is 1. The summed E-state index contributed by atoms with van der Waals surface area (Å²) in [5.74, 6) is 0.442. The molecule has 0 saturated carbocycles. The van der Waals surface area contributed by atoms with Gasteiger partial charge >= 0.3 is 0 Å². The van der Waals surface area contributed by atoms with E-state index >= 15 is 0 Å². The monoisotopic (exact) mass is 444 g/mol. The van der Waals surface area contributed by atoms with Gasteiger partial charge in [0, 0.05) is 43.7 Å². The van der Waals surface area contributed by atoms with E-state index in [-0.39, 0.29) is 11.8 Å². The lowest BCUT2D eigenvalue weighted by atomic mass is 10.00. The number of nitrogens with zero attached hydrogens (tertiary/aromatic N) is 4. The van der Waals surface area contributed by atoms with Crippen LogP contribution in [0.2, 0.25) is 0 Å². The lowest BCUT2D eigenvalue weighted by Crippen LogP contribution is -2.44. The second kappa shape index (κ2) is 11.1. The maximum atomic E-state index is 12.5. The molecule has 33 heavy (non-hydrogen) atoms. The minimum Gasteiger partial charge on any atom is -0.461 e. The van der Waals surface area contributed by atoms with Crippen molar-refractivity contribution in [1.82, 2.24) is 20.1 Å². The molecule has 4 rings (SSSR count). The quantitative estimate of drug-likeness (QED) is 0.563. The highest BCUT2D eigenvalue weighted by Gasteiger charge is 2.28. The molecule has 170 valence electrons. The van der Waals surface area contributed by atoms with Crippen LogP contribution in [-0.4, -0.2) is 39.9 Å². The van der Waals surface area contributed by atoms with E-state index in [1.165, 1.54) is 0 Å². The van der Waals surface area contributed by atoms with Crippen molar-refractivity contribution in [2.75, 3.05) is 18.4 Å². The topological polar surface area (TPSA) is 105 Å². The number of carbonyl (C=O) groups is 1. The first-order chi connectivity index (χ1) is 15.9. The second-order valence-electron chi connectivity index (χ2n) is 7.78. The zero-order chi connectivity index (χ0) is 23.8. The van der Waals surface area contributed by atoms with E-state index in [0.717, 1.165) is 16.7 Å². The molecule has 0 spiro atoms. The fourth-order valence-corrected chi connectivity index (χ4v) is 3.33. The van der Waals surface area contributed by atoms with Crippen LogP contribution in [0, 0.1) is 11.3 Å². The minimum absolute atomic E-state index is 0.203. The maximum Gasteiger partial charge on any atom is 0.267 e. The number of ether oxygens (including phenoxy) is 1. The first-order valence-electron chi connectivity index (χ1n) is 10.7. The first-order valence-corrected chi connectivity index (χ1v) is 10.7. The van der Waals surface area contributed by atoms with Crippen LogP contribution in [0.25, 0.3) is 11.1 Å². The fraction of sp³-hybridized carbons (Fsp3) is 0.280. The van der Waals surface area contributed by atoms with E-state index in [4.69, 9.17) is 10.00 Å². The molecule has 3 heterocycles. The van der Waals surface area contributed by atoms with E-state index in [0.29, 0.717) is 30.2 Å². The summed E-state index contributed by atoms with van der Waals surface area (Å²) in [5, 5.41) is 19.2. The van der Waals surface area contributed by atoms with E-state index in [9.17, 15) is 4.79 Å². The SMILES string of the molecule is C=CC.CC(CNCC1Oc2ncc(-c3cnn(C)c3)cc2NC1=O)c1ccc(C#N)cc1. The summed E-state index contributed by atoms with van der Waals surface area (Å²) in [6, 6.07) is 11.5. The van der Waals surface area contributed by atoms with Crippen molar-refractivity contribution in [3.63, 3.8) is 0 Å². The molecule has 0 saturated heterocycles. The average Bonchev–Trinajstić information content (AvgIpc) is 3.26. The summed E-state index contributed by atoms with van der Waals surface area (Å²) in [6.07, 6.45) is 6.44. The Kier molecular flexibility index (Phi) is 7.95. The molecule has 1 aromatic carbocycles. The number of anilines is 1. The third-order valence-corrected chi connectivity index (χ3v) is 5.08. The average molecular weight is 445 g/mol. The highest BCUT2D eigenvalue weighted by Crippen LogP contribution is 2.31. The predicted molar refractivity (Wildman–Crippen MR) is 128 cm³/mol. The molecular weight excluding hydrogens is 416 g/mol. The van der Waals surface area contributed by atoms with Crippen LogP contribution in [0.1, 0.15) is 30.9 Å². The van der Waals surface area contributed by atoms with Gasteiger partial charge in [-0.25, -0.2) is 4.98 Å². The standard InChI is InChI=1S/C22H22N6O2.C3H6/c1-14(16-5-3-15(8-23)4-6-16)9-24-12-20-21(29)27-19-7-17(10-25-22(19)30-20)18-11-26-28(2)13-18;1-3-2/h3-7,10-11,13-14,20,24H,9,12H2,1-2H3,(H,27,29);3H,1H2,2H3. The largest absolute Gasteiger partial charge is 0.461 e. The molecule has 2 N–H and O–H groups in total. The van der Waals surface area contributed by atoms with Gasteiger partial charge in [-0.1, -0.05) is 25.1 Å². The molecule has 0 radical (unpaired) electrons. The molecule has 0 aliphatic carbocycles. The van der Waals surface area contributed by atoms with Gasteiger partial charge in [0.15, 0.2) is 6.10 Å². The van der Waals surface area contributed by atoms with Crippen LogP contribution >= 0.6 is 0 Å². The zero-order valence-electron chi connectivity index (χ0n) is 19.1. The van der Waals surface area contributed by atoms with Gasteiger partial charge < -0.3 is 15.4 Å². The van der Waals surface area contributed by atoms with Crippen molar-refractivity contribution in [1.29, 1.82) is 5.26 Å². The normalized spacial score (nSPS) is 15.1. The Hall–Kier alpha value is -3.96. The van der Waals surface area contributed by atoms with Gasteiger partial charge in [0.05, 0.1) is 17.8 Å². The Bertz CT molecular complexity index is 1150. The summed E-state index contributed by atoms with van der Waals surface area (Å²) in [5.41, 5.74) is 4.11. The molecule has 8 heteroatoms. The number of aromatic nitrogens is 3. The molecule has 1 aliphatic heterocycles. The van der Waals surface area contributed by atoms with Crippen molar-refractivity contribution in [3.05, 3.63) is 72.7 Å². The highest BCUT2D eigenvalue weighted by molar-refractivity contribution is 5.98. The molecular formula is C25H28N6O2. The molecule has 0 bridgehead atoms. The molecule has 2 unspecified atom stereocenters. The Balaban J connectivity index is 0.000000968. The smallest absolute Gasteiger partial charge is 0.267 e. The Morgan fingerprint density at radius 1 is 1.33 bits per heavy atom. The van der Waals surface area contributed by atoms with Gasteiger partial charge in [-0.15, -0.1) is 6.58 Å². The number of nitriles is 1. The van der Waals surface area contributed by atoms with Gasteiger partial charge in [-0.3, -0.25) is 9.48 Å². The van der Waals surface area contributed by atoms with E-state index in [1.54, 1.807) is 23.2 Å². The molecule has 1 aliphatic rings. The molecule has 3 aromatic rings. The number of nitrogens with one attached hydrogen (secondary N) is 2. The molecule has 8 nitrogen and oxygen atoms in total. The van der Waals surface area contributed by atoms with Crippen LogP contribution in [0.3, 0.4) is 0 Å². The zero-order valence-corrected chi connectivity index (χ0v) is 19.1. The van der Waals surface area contributed by atoms with Gasteiger partial charge in [0.1, 0.15) is 5.69 Å². The minimum atomic E-state index is -0.651. The second-order valence-corrected chi connectivity index (χ2v) is 7.78. The molecule has 2 aromatic heterocycles. The fourth-order valence-electron chi connectivity index (χ4n) is 3.33. The van der Waals surface area contributed by atoms with Gasteiger partial charge in [-0.05, 0) is 36.6 Å². The number of benzene rings is 1. The Morgan fingerprint density at radius 2 is 2.06 bits per heavy atom. The summed E-state index contributed by atoms with van der Waals surface area (Å²) < 4.78 is 7.53. The number of rotatable bonds is 6. The summed E-state index contributed by atoms with van der Waals surface area (Å²) in [6.45, 7) is 8.39. The lowest BCUT2D eigenvalue weighted by Gasteiger charge is -2.26. The van der Waals surface area contributed by atoms with Gasteiger partial charge in [0.2, 0.25) is 5.88 Å². The first kappa shape index (κ1) is 23.7. The van der Waals surface area contributed by atoms with Gasteiger partial charge in [0.25, 0.3) is 5.91 Å². The van der Waals surface area contributed by atoms with Crippen molar-refractivity contribution in [2.45, 2.75) is 25.9 Å². The number of fused-ring (bicyclic) bond motifs is 1. The van der Waals surface area contributed by atoms with E-state index in [2.05, 4.69) is 40.3 Å². The summed E-state index contributed by atoms with van der Waals surface area (Å²) in [4.78, 5) is 16.8. The summed E-state index contributed by atoms with van der Waals surface area (Å²) >= 11 is 0. The number of allylic oxidation sites excluding steroid dienone is 1. The number of hydrogen-bond donors (Lipinski definition) is 2. The van der Waals surface area contributed by atoms with Gasteiger partial charge in [-0.2, -0.15) is 10.4 Å². The van der Waals surface area contributed by atoms with E-state index < -0.39 is 6.10 Å². The lowest BCUT2D eigenvalue weighted by molar-refractivity contribution is -0.123. The third kappa shape index (κ3) is 6.05. The van der Waals surface area contributed by atoms with Crippen LogP contribution in [0.15, 0.2) is 61.6 Å². The van der Waals surface area contributed by atoms with Crippen molar-refractivity contribution in [2.24, 2.45) is 7.05 Å². The molecule has 0 fully saturated rings. The third-order valence-electron chi connectivity index (χ3n) is 5.08. The number of carbonyl (C=O) groups excluding carboxylic acids is 1. The molecule has 2 atom stereocenters. The Labute approximate surface area is 193 Å². The maximum absolute atomic E-state index is 12.5. The van der Waals surface area contributed by atoms with Crippen molar-refractivity contribution >= 4 is 11.6 Å². The predicted octanol–water partition coefficient (Wildman–Crippen LogP) is 3.64. The van der Waals surface area contributed by atoms with Crippen LogP contribution in [0.4, 0.5) is 5.69 Å². The van der Waals surface area contributed by atoms with Crippen LogP contribution in [0.5, 0.6) is 5.88 Å². The van der Waals surface area contributed by atoms with Crippen LogP contribution in [-0.2, 0) is 11.8 Å². The summed E-state index contributed by atoms with van der Waals surface area (Å²) in [7, 11) is 1.85. The van der Waals surface area contributed by atoms with Crippen molar-refractivity contribution in [3.8, 4) is 23.1 Å². The van der Waals surface area contributed by atoms with Crippen molar-refractivity contribution < 1.29 is 9.53 Å². The number of hydrogen-bond acceptors (Lipinski definition) is 6. The number of pyridine rings is 1. The van der Waals surface area contributed by atoms with E-state index in [1.807, 2.05) is 50.5 Å². The highest BCUT2D eigenvalue weighted by atomic mass is 16.5. The van der Waals surface area contributed by atoms with Crippen LogP contribution < -0.4 is 15.4 Å². The number of aryl methyl sites for hydroxylation is 1. The Morgan fingerprint density at radius 3 is 2.70 bits per heavy atom. The molecule has 1 amide bonds.